The van der Waals surface area contributed by atoms with Gasteiger partial charge < -0.3 is 19.0 Å². The summed E-state index contributed by atoms with van der Waals surface area (Å²) in [6, 6.07) is 1.31. The number of carbonyl (C=O) groups is 2. The molecule has 0 aromatic carbocycles. The highest BCUT2D eigenvalue weighted by Crippen LogP contribution is 2.48. The van der Waals surface area contributed by atoms with Crippen LogP contribution in [0.4, 0.5) is 0 Å². The van der Waals surface area contributed by atoms with E-state index in [0.29, 0.717) is 19.6 Å². The number of hydrogen-bond donors (Lipinski definition) is 1. The summed E-state index contributed by atoms with van der Waals surface area (Å²) >= 11 is 0. The zero-order chi connectivity index (χ0) is 25.8. The van der Waals surface area contributed by atoms with Crippen molar-refractivity contribution in [1.29, 1.82) is 0 Å². The standard InChI is InChI=1S/C25H52O6Si2/c1-10-12-21-32(6,7)24(3,4)31-33(8,9)25(5,11-2)17-14-18-29-19-20-30-23(28)16-13-15-22(26)27/h10-21H2,1-9H3,(H,26,27). The number of carbonyl (C=O) groups excluding carboxylic acids is 1. The topological polar surface area (TPSA) is 82.1 Å². The Morgan fingerprint density at radius 1 is 0.879 bits per heavy atom. The minimum Gasteiger partial charge on any atom is -0.481 e. The van der Waals surface area contributed by atoms with Crippen LogP contribution >= 0.6 is 0 Å². The SMILES string of the molecule is CCCC[Si](C)(C)C(C)(C)O[Si](C)(C)C(C)(CC)CCCOCCOC(=O)CCCC(=O)O. The fraction of sp³-hybridized carbons (Fsp3) is 0.920. The van der Waals surface area contributed by atoms with Crippen molar-refractivity contribution >= 4 is 28.3 Å². The monoisotopic (exact) mass is 504 g/mol. The van der Waals surface area contributed by atoms with E-state index in [-0.39, 0.29) is 35.7 Å². The van der Waals surface area contributed by atoms with E-state index in [0.717, 1.165) is 19.3 Å². The second-order valence-electron chi connectivity index (χ2n) is 11.2. The number of hydrogen-bond acceptors (Lipinski definition) is 5. The lowest BCUT2D eigenvalue weighted by Gasteiger charge is -2.51. The van der Waals surface area contributed by atoms with Crippen LogP contribution in [0.15, 0.2) is 0 Å². The zero-order valence-corrected chi connectivity index (χ0v) is 25.0. The van der Waals surface area contributed by atoms with E-state index in [1.54, 1.807) is 0 Å². The molecule has 0 spiro atoms. The molecule has 33 heavy (non-hydrogen) atoms. The van der Waals surface area contributed by atoms with E-state index in [2.05, 4.69) is 60.8 Å². The Morgan fingerprint density at radius 3 is 2.06 bits per heavy atom. The van der Waals surface area contributed by atoms with Gasteiger partial charge in [-0.2, -0.15) is 0 Å². The molecule has 0 rings (SSSR count). The molecule has 0 radical (unpaired) electrons. The first kappa shape index (κ1) is 32.3. The molecule has 196 valence electrons. The third-order valence-corrected chi connectivity index (χ3v) is 17.5. The Kier molecular flexibility index (Phi) is 14.3. The second-order valence-corrected chi connectivity index (χ2v) is 21.1. The molecule has 0 bridgehead atoms. The maximum Gasteiger partial charge on any atom is 0.305 e. The second kappa shape index (κ2) is 14.6. The number of carboxylic acids is 1. The molecule has 0 fully saturated rings. The van der Waals surface area contributed by atoms with Gasteiger partial charge in [-0.15, -0.1) is 0 Å². The fourth-order valence-electron chi connectivity index (χ4n) is 4.06. The van der Waals surface area contributed by atoms with Crippen molar-refractivity contribution in [1.82, 2.24) is 0 Å². The summed E-state index contributed by atoms with van der Waals surface area (Å²) in [5.74, 6) is -1.26. The summed E-state index contributed by atoms with van der Waals surface area (Å²) < 4.78 is 17.9. The number of carboxylic acid groups (broad SMARTS) is 1. The molecular formula is C25H52O6Si2. The van der Waals surface area contributed by atoms with E-state index >= 15 is 0 Å². The normalized spacial score (nSPS) is 14.7. The minimum atomic E-state index is -1.98. The lowest BCUT2D eigenvalue weighted by Crippen LogP contribution is -2.59. The molecule has 0 aromatic heterocycles. The summed E-state index contributed by atoms with van der Waals surface area (Å²) in [5, 5.41) is 8.72. The van der Waals surface area contributed by atoms with Crippen LogP contribution in [-0.2, 0) is 23.5 Å². The minimum absolute atomic E-state index is 0.0131. The number of rotatable bonds is 19. The van der Waals surface area contributed by atoms with E-state index < -0.39 is 22.4 Å². The van der Waals surface area contributed by atoms with Gasteiger partial charge in [0.2, 0.25) is 0 Å². The van der Waals surface area contributed by atoms with Crippen molar-refractivity contribution in [2.24, 2.45) is 0 Å². The highest BCUT2D eigenvalue weighted by molar-refractivity contribution is 6.82. The van der Waals surface area contributed by atoms with Crippen LogP contribution < -0.4 is 0 Å². The smallest absolute Gasteiger partial charge is 0.305 e. The Morgan fingerprint density at radius 2 is 1.52 bits per heavy atom. The van der Waals surface area contributed by atoms with Gasteiger partial charge in [-0.3, -0.25) is 9.59 Å². The highest BCUT2D eigenvalue weighted by atomic mass is 28.4. The van der Waals surface area contributed by atoms with Gasteiger partial charge in [0, 0.05) is 24.7 Å². The van der Waals surface area contributed by atoms with E-state index in [9.17, 15) is 9.59 Å². The summed E-state index contributed by atoms with van der Waals surface area (Å²) in [6.45, 7) is 22.5. The van der Waals surface area contributed by atoms with Crippen molar-refractivity contribution in [3.63, 3.8) is 0 Å². The first-order valence-corrected chi connectivity index (χ1v) is 18.9. The molecule has 0 amide bonds. The van der Waals surface area contributed by atoms with Gasteiger partial charge in [-0.1, -0.05) is 59.2 Å². The third-order valence-electron chi connectivity index (χ3n) is 7.81. The number of aliphatic carboxylic acids is 1. The predicted octanol–water partition coefficient (Wildman–Crippen LogP) is 6.80. The van der Waals surface area contributed by atoms with Crippen LogP contribution in [0.1, 0.15) is 86.0 Å². The molecule has 0 saturated heterocycles. The molecule has 0 aliphatic carbocycles. The molecular weight excluding hydrogens is 452 g/mol. The number of esters is 1. The molecule has 6 nitrogen and oxygen atoms in total. The van der Waals surface area contributed by atoms with Crippen LogP contribution in [0, 0.1) is 0 Å². The summed E-state index contributed by atoms with van der Waals surface area (Å²) in [4.78, 5) is 22.0. The van der Waals surface area contributed by atoms with Gasteiger partial charge in [0.05, 0.1) is 14.7 Å². The van der Waals surface area contributed by atoms with E-state index in [4.69, 9.17) is 19.0 Å². The van der Waals surface area contributed by atoms with Crippen LogP contribution in [-0.4, -0.2) is 58.5 Å². The van der Waals surface area contributed by atoms with Crippen molar-refractivity contribution in [3.8, 4) is 0 Å². The van der Waals surface area contributed by atoms with E-state index in [1.807, 2.05) is 0 Å². The van der Waals surface area contributed by atoms with Crippen molar-refractivity contribution in [3.05, 3.63) is 0 Å². The average Bonchev–Trinajstić information content (AvgIpc) is 2.70. The molecule has 1 unspecified atom stereocenters. The van der Waals surface area contributed by atoms with E-state index in [1.165, 1.54) is 18.9 Å². The molecule has 0 aromatic rings. The van der Waals surface area contributed by atoms with Crippen molar-refractivity contribution < 1.29 is 28.6 Å². The highest BCUT2D eigenvalue weighted by Gasteiger charge is 2.50. The Labute approximate surface area is 205 Å². The van der Waals surface area contributed by atoms with Crippen molar-refractivity contribution in [2.75, 3.05) is 19.8 Å². The lowest BCUT2D eigenvalue weighted by atomic mass is 10.0. The van der Waals surface area contributed by atoms with Crippen LogP contribution in [0.3, 0.4) is 0 Å². The van der Waals surface area contributed by atoms with Gasteiger partial charge in [-0.25, -0.2) is 0 Å². The van der Waals surface area contributed by atoms with Gasteiger partial charge in [0.25, 0.3) is 0 Å². The first-order chi connectivity index (χ1) is 15.1. The quantitative estimate of drug-likeness (QED) is 0.118. The van der Waals surface area contributed by atoms with Gasteiger partial charge in [0.15, 0.2) is 8.32 Å². The maximum atomic E-state index is 11.6. The molecule has 0 aliphatic heterocycles. The lowest BCUT2D eigenvalue weighted by molar-refractivity contribution is -0.145. The van der Waals surface area contributed by atoms with Gasteiger partial charge in [0.1, 0.15) is 6.61 Å². The Bertz CT molecular complexity index is 591. The van der Waals surface area contributed by atoms with Crippen molar-refractivity contribution in [2.45, 2.75) is 128 Å². The maximum absolute atomic E-state index is 11.6. The van der Waals surface area contributed by atoms with Crippen LogP contribution in [0.25, 0.3) is 0 Å². The third kappa shape index (κ3) is 11.5. The zero-order valence-electron chi connectivity index (χ0n) is 23.0. The Hall–Kier alpha value is -0.706. The summed E-state index contributed by atoms with van der Waals surface area (Å²) in [5.41, 5.74) is 0. The van der Waals surface area contributed by atoms with Gasteiger partial charge in [-0.05, 0) is 51.2 Å². The van der Waals surface area contributed by atoms with Crippen LogP contribution in [0.5, 0.6) is 0 Å². The largest absolute Gasteiger partial charge is 0.481 e. The van der Waals surface area contributed by atoms with Crippen LogP contribution in [0.2, 0.25) is 37.3 Å². The summed E-state index contributed by atoms with van der Waals surface area (Å²) in [6.07, 6.45) is 6.06. The number of ether oxygens (including phenoxy) is 2. The predicted molar refractivity (Wildman–Crippen MR) is 141 cm³/mol. The molecule has 1 N–H and O–H groups in total. The molecule has 0 saturated carbocycles. The molecule has 1 atom stereocenters. The molecule has 0 aliphatic rings. The van der Waals surface area contributed by atoms with Gasteiger partial charge >= 0.3 is 11.9 Å². The summed E-state index contributed by atoms with van der Waals surface area (Å²) in [7, 11) is -3.50. The number of unbranched alkanes of at least 4 members (excludes halogenated alkanes) is 1. The molecule has 0 heterocycles. The molecule has 8 heteroatoms. The fourth-order valence-corrected chi connectivity index (χ4v) is 10.9. The first-order valence-electron chi connectivity index (χ1n) is 12.8. The Balaban J connectivity index is 4.53. The average molecular weight is 505 g/mol.